The number of amides is 1. The van der Waals surface area contributed by atoms with Crippen molar-refractivity contribution in [2.75, 3.05) is 20.2 Å². The molecule has 1 saturated heterocycles. The van der Waals surface area contributed by atoms with Crippen LogP contribution in [0.2, 0.25) is 0 Å². The van der Waals surface area contributed by atoms with Crippen LogP contribution >= 0.6 is 0 Å². The number of hydrogen-bond donors (Lipinski definition) is 1. The minimum absolute atomic E-state index is 0.0384. The molecule has 0 radical (unpaired) electrons. The lowest BCUT2D eigenvalue weighted by Crippen LogP contribution is -2.39. The number of hydrogen-bond acceptors (Lipinski definition) is 5. The van der Waals surface area contributed by atoms with Gasteiger partial charge in [-0.15, -0.1) is 10.2 Å². The Morgan fingerprint density at radius 1 is 1.33 bits per heavy atom. The van der Waals surface area contributed by atoms with Crippen molar-refractivity contribution in [3.8, 4) is 17.0 Å². The molecule has 27 heavy (non-hydrogen) atoms. The van der Waals surface area contributed by atoms with Gasteiger partial charge in [-0.3, -0.25) is 9.89 Å². The fourth-order valence-corrected chi connectivity index (χ4v) is 3.57. The van der Waals surface area contributed by atoms with Gasteiger partial charge in [-0.2, -0.15) is 5.10 Å². The number of carbonyl (C=O) groups excluding carboxylic acids is 1. The van der Waals surface area contributed by atoms with Gasteiger partial charge in [0.15, 0.2) is 0 Å². The molecular formula is C19H22N6O2. The van der Waals surface area contributed by atoms with E-state index in [4.69, 9.17) is 4.74 Å². The highest BCUT2D eigenvalue weighted by Gasteiger charge is 2.28. The minimum Gasteiger partial charge on any atom is -0.497 e. The van der Waals surface area contributed by atoms with Crippen LogP contribution in [0.3, 0.4) is 0 Å². The molecule has 1 aliphatic rings. The third kappa shape index (κ3) is 3.42. The first-order chi connectivity index (χ1) is 13.2. The van der Waals surface area contributed by atoms with Crippen LogP contribution in [0.5, 0.6) is 5.75 Å². The molecule has 1 fully saturated rings. The van der Waals surface area contributed by atoms with Crippen molar-refractivity contribution >= 4 is 5.91 Å². The SMILES string of the molecule is COc1cccc(-c2cc(C(=O)N3CCC[C@H](c4nncn4C)C3)[nH]n2)c1. The van der Waals surface area contributed by atoms with Gasteiger partial charge < -0.3 is 14.2 Å². The zero-order valence-corrected chi connectivity index (χ0v) is 15.4. The molecular weight excluding hydrogens is 344 g/mol. The number of rotatable bonds is 4. The summed E-state index contributed by atoms with van der Waals surface area (Å²) in [6.07, 6.45) is 3.65. The number of benzene rings is 1. The lowest BCUT2D eigenvalue weighted by Gasteiger charge is -2.31. The molecule has 2 aromatic heterocycles. The Morgan fingerprint density at radius 3 is 3.00 bits per heavy atom. The summed E-state index contributed by atoms with van der Waals surface area (Å²) in [7, 11) is 3.56. The van der Waals surface area contributed by atoms with E-state index in [9.17, 15) is 4.79 Å². The Balaban J connectivity index is 1.51. The van der Waals surface area contributed by atoms with E-state index in [1.807, 2.05) is 40.8 Å². The summed E-state index contributed by atoms with van der Waals surface area (Å²) in [5.74, 6) is 1.85. The lowest BCUT2D eigenvalue weighted by atomic mass is 9.97. The molecule has 8 heteroatoms. The molecule has 140 valence electrons. The molecule has 0 aliphatic carbocycles. The number of aryl methyl sites for hydroxylation is 1. The summed E-state index contributed by atoms with van der Waals surface area (Å²) in [6, 6.07) is 9.42. The van der Waals surface area contributed by atoms with E-state index in [1.165, 1.54) is 0 Å². The molecule has 0 unspecified atom stereocenters. The largest absolute Gasteiger partial charge is 0.497 e. The summed E-state index contributed by atoms with van der Waals surface area (Å²) >= 11 is 0. The molecule has 0 saturated carbocycles. The van der Waals surface area contributed by atoms with Crippen molar-refractivity contribution in [2.24, 2.45) is 7.05 Å². The zero-order chi connectivity index (χ0) is 18.8. The number of piperidine rings is 1. The second kappa shape index (κ2) is 7.22. The second-order valence-corrected chi connectivity index (χ2v) is 6.79. The zero-order valence-electron chi connectivity index (χ0n) is 15.4. The topological polar surface area (TPSA) is 88.9 Å². The lowest BCUT2D eigenvalue weighted by molar-refractivity contribution is 0.0697. The molecule has 0 bridgehead atoms. The third-order valence-corrected chi connectivity index (χ3v) is 4.99. The molecule has 1 atom stereocenters. The highest BCUT2D eigenvalue weighted by molar-refractivity contribution is 5.93. The number of nitrogens with zero attached hydrogens (tertiary/aromatic N) is 5. The van der Waals surface area contributed by atoms with Gasteiger partial charge in [0.2, 0.25) is 0 Å². The van der Waals surface area contributed by atoms with Crippen LogP contribution in [0.15, 0.2) is 36.7 Å². The Hall–Kier alpha value is -3.16. The summed E-state index contributed by atoms with van der Waals surface area (Å²) in [5, 5.41) is 15.4. The molecule has 4 rings (SSSR count). The molecule has 1 aliphatic heterocycles. The number of ether oxygens (including phenoxy) is 1. The first-order valence-electron chi connectivity index (χ1n) is 8.98. The summed E-state index contributed by atoms with van der Waals surface area (Å²) in [4.78, 5) is 14.8. The standard InChI is InChI=1S/C19H22N6O2/c1-24-12-20-23-18(24)14-6-4-8-25(11-14)19(26)17-10-16(21-22-17)13-5-3-7-15(9-13)27-2/h3,5,7,9-10,12,14H,4,6,8,11H2,1-2H3,(H,21,22)/t14-/m0/s1. The van der Waals surface area contributed by atoms with Crippen LogP contribution in [-0.2, 0) is 7.05 Å². The summed E-state index contributed by atoms with van der Waals surface area (Å²) in [5.41, 5.74) is 2.12. The summed E-state index contributed by atoms with van der Waals surface area (Å²) < 4.78 is 7.18. The monoisotopic (exact) mass is 366 g/mol. The third-order valence-electron chi connectivity index (χ3n) is 4.99. The van der Waals surface area contributed by atoms with Crippen LogP contribution in [0.1, 0.15) is 35.1 Å². The number of nitrogens with one attached hydrogen (secondary N) is 1. The highest BCUT2D eigenvalue weighted by atomic mass is 16.5. The van der Waals surface area contributed by atoms with E-state index >= 15 is 0 Å². The molecule has 3 aromatic rings. The molecule has 3 heterocycles. The number of H-pyrrole nitrogens is 1. The quantitative estimate of drug-likeness (QED) is 0.765. The van der Waals surface area contributed by atoms with E-state index in [-0.39, 0.29) is 11.8 Å². The van der Waals surface area contributed by atoms with Gasteiger partial charge in [0.1, 0.15) is 23.6 Å². The average Bonchev–Trinajstić information content (AvgIpc) is 3.37. The van der Waals surface area contributed by atoms with Crippen LogP contribution in [-0.4, -0.2) is 56.0 Å². The van der Waals surface area contributed by atoms with E-state index in [2.05, 4.69) is 20.4 Å². The molecule has 1 aromatic carbocycles. The van der Waals surface area contributed by atoms with Gasteiger partial charge in [-0.1, -0.05) is 12.1 Å². The Morgan fingerprint density at radius 2 is 2.22 bits per heavy atom. The van der Waals surface area contributed by atoms with E-state index in [1.54, 1.807) is 19.5 Å². The van der Waals surface area contributed by atoms with E-state index < -0.39 is 0 Å². The molecule has 1 N–H and O–H groups in total. The van der Waals surface area contributed by atoms with Crippen molar-refractivity contribution in [3.63, 3.8) is 0 Å². The van der Waals surface area contributed by atoms with Crippen molar-refractivity contribution in [2.45, 2.75) is 18.8 Å². The van der Waals surface area contributed by atoms with Gasteiger partial charge in [0.25, 0.3) is 5.91 Å². The highest BCUT2D eigenvalue weighted by Crippen LogP contribution is 2.27. The van der Waals surface area contributed by atoms with Crippen LogP contribution in [0.25, 0.3) is 11.3 Å². The fourth-order valence-electron chi connectivity index (χ4n) is 3.57. The van der Waals surface area contributed by atoms with Crippen LogP contribution in [0.4, 0.5) is 0 Å². The van der Waals surface area contributed by atoms with E-state index in [0.717, 1.165) is 42.2 Å². The van der Waals surface area contributed by atoms with Gasteiger partial charge >= 0.3 is 0 Å². The number of likely N-dealkylation sites (tertiary alicyclic amines) is 1. The number of methoxy groups -OCH3 is 1. The average molecular weight is 366 g/mol. The Kier molecular flexibility index (Phi) is 4.62. The van der Waals surface area contributed by atoms with Crippen molar-refractivity contribution < 1.29 is 9.53 Å². The first-order valence-corrected chi connectivity index (χ1v) is 8.98. The predicted octanol–water partition coefficient (Wildman–Crippen LogP) is 2.23. The van der Waals surface area contributed by atoms with Crippen molar-refractivity contribution in [1.82, 2.24) is 29.9 Å². The van der Waals surface area contributed by atoms with Gasteiger partial charge in [0.05, 0.1) is 12.8 Å². The predicted molar refractivity (Wildman–Crippen MR) is 99.5 cm³/mol. The maximum atomic E-state index is 13.0. The molecule has 1 amide bonds. The number of aromatic nitrogens is 5. The van der Waals surface area contributed by atoms with Gasteiger partial charge in [-0.05, 0) is 31.0 Å². The number of aromatic amines is 1. The minimum atomic E-state index is -0.0384. The molecule has 0 spiro atoms. The fraction of sp³-hybridized carbons (Fsp3) is 0.368. The molecule has 8 nitrogen and oxygen atoms in total. The normalized spacial score (nSPS) is 17.1. The van der Waals surface area contributed by atoms with Crippen LogP contribution < -0.4 is 4.74 Å². The maximum Gasteiger partial charge on any atom is 0.271 e. The smallest absolute Gasteiger partial charge is 0.271 e. The van der Waals surface area contributed by atoms with Crippen molar-refractivity contribution in [3.05, 3.63) is 48.2 Å². The first kappa shape index (κ1) is 17.3. The van der Waals surface area contributed by atoms with Gasteiger partial charge in [-0.25, -0.2) is 0 Å². The summed E-state index contributed by atoms with van der Waals surface area (Å²) in [6.45, 7) is 1.37. The maximum absolute atomic E-state index is 13.0. The van der Waals surface area contributed by atoms with E-state index in [0.29, 0.717) is 12.2 Å². The van der Waals surface area contributed by atoms with Crippen molar-refractivity contribution in [1.29, 1.82) is 0 Å². The second-order valence-electron chi connectivity index (χ2n) is 6.79. The Labute approximate surface area is 157 Å². The Bertz CT molecular complexity index is 947. The van der Waals surface area contributed by atoms with Gasteiger partial charge in [0, 0.05) is 31.6 Å². The van der Waals surface area contributed by atoms with Crippen LogP contribution in [0, 0.1) is 0 Å². The number of carbonyl (C=O) groups is 1.